The fraction of sp³-hybridized carbons (Fsp3) is 0.440. The molecule has 0 saturated carbocycles. The summed E-state index contributed by atoms with van der Waals surface area (Å²) in [6.07, 6.45) is 5.86. The van der Waals surface area contributed by atoms with Crippen LogP contribution in [0, 0.1) is 0 Å². The summed E-state index contributed by atoms with van der Waals surface area (Å²) in [4.78, 5) is 27.9. The predicted molar refractivity (Wildman–Crippen MR) is 123 cm³/mol. The van der Waals surface area contributed by atoms with Crippen molar-refractivity contribution < 1.29 is 23.5 Å². The molecular formula is C25H31N3O5. The molecule has 0 spiro atoms. The minimum atomic E-state index is -0.700. The molecule has 1 saturated heterocycles. The summed E-state index contributed by atoms with van der Waals surface area (Å²) in [7, 11) is 1.66. The van der Waals surface area contributed by atoms with E-state index in [1.54, 1.807) is 26.2 Å². The first-order valence-electron chi connectivity index (χ1n) is 11.5. The topological polar surface area (TPSA) is 93.0 Å². The predicted octanol–water partition coefficient (Wildman–Crippen LogP) is 4.08. The third-order valence-corrected chi connectivity index (χ3v) is 6.20. The number of likely N-dealkylation sites (tertiary alicyclic amines) is 1. The molecule has 2 aliphatic heterocycles. The number of rotatable bonds is 7. The van der Waals surface area contributed by atoms with E-state index in [2.05, 4.69) is 27.7 Å². The van der Waals surface area contributed by atoms with E-state index in [1.165, 1.54) is 11.8 Å². The van der Waals surface area contributed by atoms with Crippen LogP contribution in [0.25, 0.3) is 0 Å². The zero-order valence-electron chi connectivity index (χ0n) is 19.1. The molecule has 2 atom stereocenters. The largest absolute Gasteiger partial charge is 0.497 e. The Balaban J connectivity index is 1.69. The molecule has 0 aliphatic carbocycles. The molecule has 2 unspecified atom stereocenters. The smallest absolute Gasteiger partial charge is 0.338 e. The number of hydrogen-bond donors (Lipinski definition) is 2. The van der Waals surface area contributed by atoms with Gasteiger partial charge in [0.05, 0.1) is 25.6 Å². The molecule has 0 bridgehead atoms. The highest BCUT2D eigenvalue weighted by atomic mass is 16.5. The van der Waals surface area contributed by atoms with E-state index in [4.69, 9.17) is 13.9 Å². The molecule has 33 heavy (non-hydrogen) atoms. The van der Waals surface area contributed by atoms with Gasteiger partial charge in [0, 0.05) is 18.3 Å². The Morgan fingerprint density at radius 2 is 2.00 bits per heavy atom. The number of urea groups is 1. The Hall–Kier alpha value is -3.26. The number of carbonyl (C=O) groups excluding carboxylic acids is 2. The Labute approximate surface area is 193 Å². The van der Waals surface area contributed by atoms with Gasteiger partial charge in [-0.15, -0.1) is 0 Å². The number of amides is 2. The van der Waals surface area contributed by atoms with E-state index >= 15 is 0 Å². The maximum Gasteiger partial charge on any atom is 0.338 e. The second kappa shape index (κ2) is 10.6. The zero-order chi connectivity index (χ0) is 23.2. The molecule has 1 fully saturated rings. The van der Waals surface area contributed by atoms with Crippen LogP contribution in [0.15, 0.2) is 58.3 Å². The summed E-state index contributed by atoms with van der Waals surface area (Å²) in [6.45, 7) is 3.30. The average molecular weight is 454 g/mol. The highest BCUT2D eigenvalue weighted by molar-refractivity contribution is 5.95. The molecule has 1 aromatic carbocycles. The highest BCUT2D eigenvalue weighted by Gasteiger charge is 2.36. The Kier molecular flexibility index (Phi) is 7.34. The summed E-state index contributed by atoms with van der Waals surface area (Å²) in [5.41, 5.74) is 2.13. The van der Waals surface area contributed by atoms with Gasteiger partial charge in [0.1, 0.15) is 17.6 Å². The van der Waals surface area contributed by atoms with Crippen molar-refractivity contribution in [1.82, 2.24) is 15.5 Å². The lowest BCUT2D eigenvalue weighted by molar-refractivity contribution is -0.139. The first kappa shape index (κ1) is 22.9. The van der Waals surface area contributed by atoms with Crippen molar-refractivity contribution in [1.29, 1.82) is 0 Å². The van der Waals surface area contributed by atoms with Crippen LogP contribution in [0.4, 0.5) is 4.79 Å². The lowest BCUT2D eigenvalue weighted by Gasteiger charge is -2.34. The Bertz CT molecular complexity index is 984. The zero-order valence-corrected chi connectivity index (χ0v) is 19.1. The fourth-order valence-electron chi connectivity index (χ4n) is 4.63. The lowest BCUT2D eigenvalue weighted by atomic mass is 9.97. The third-order valence-electron chi connectivity index (χ3n) is 6.20. The van der Waals surface area contributed by atoms with Crippen molar-refractivity contribution in [2.24, 2.45) is 0 Å². The van der Waals surface area contributed by atoms with Gasteiger partial charge in [-0.2, -0.15) is 0 Å². The molecule has 8 heteroatoms. The quantitative estimate of drug-likeness (QED) is 0.614. The normalized spacial score (nSPS) is 21.7. The van der Waals surface area contributed by atoms with Crippen LogP contribution in [-0.4, -0.2) is 43.7 Å². The first-order valence-corrected chi connectivity index (χ1v) is 11.5. The molecule has 176 valence electrons. The van der Waals surface area contributed by atoms with Crippen LogP contribution < -0.4 is 15.4 Å². The lowest BCUT2D eigenvalue weighted by Crippen LogP contribution is -2.48. The summed E-state index contributed by atoms with van der Waals surface area (Å²) in [5.74, 6) is 0.850. The maximum absolute atomic E-state index is 13.0. The third kappa shape index (κ3) is 5.22. The van der Waals surface area contributed by atoms with E-state index in [0.717, 1.165) is 38.0 Å². The van der Waals surface area contributed by atoms with E-state index in [9.17, 15) is 9.59 Å². The maximum atomic E-state index is 13.0. The van der Waals surface area contributed by atoms with Gasteiger partial charge >= 0.3 is 12.0 Å². The van der Waals surface area contributed by atoms with Crippen LogP contribution in [0.3, 0.4) is 0 Å². The Morgan fingerprint density at radius 3 is 2.70 bits per heavy atom. The first-order chi connectivity index (χ1) is 16.1. The highest BCUT2D eigenvalue weighted by Crippen LogP contribution is 2.34. The number of carbonyl (C=O) groups is 2. The SMILES string of the molecule is CCOC(=O)C1=C(CN2CCCCCC2c2ccc(OC)cc2)NC(=O)NC1c1ccco1. The molecule has 2 aromatic rings. The number of furan rings is 1. The van der Waals surface area contributed by atoms with E-state index in [0.29, 0.717) is 23.6 Å². The molecule has 2 N–H and O–H groups in total. The van der Waals surface area contributed by atoms with Gasteiger partial charge in [-0.3, -0.25) is 4.90 Å². The van der Waals surface area contributed by atoms with Crippen LogP contribution in [0.2, 0.25) is 0 Å². The van der Waals surface area contributed by atoms with Crippen LogP contribution in [-0.2, 0) is 9.53 Å². The Morgan fingerprint density at radius 1 is 1.18 bits per heavy atom. The van der Waals surface area contributed by atoms with Crippen LogP contribution in [0.1, 0.15) is 56.0 Å². The number of benzene rings is 1. The van der Waals surface area contributed by atoms with E-state index in [-0.39, 0.29) is 18.7 Å². The molecule has 0 radical (unpaired) electrons. The number of esters is 1. The van der Waals surface area contributed by atoms with E-state index in [1.807, 2.05) is 12.1 Å². The van der Waals surface area contributed by atoms with E-state index < -0.39 is 12.0 Å². The number of nitrogens with zero attached hydrogens (tertiary/aromatic N) is 1. The summed E-state index contributed by atoms with van der Waals surface area (Å²) in [6, 6.07) is 10.7. The molecule has 4 rings (SSSR count). The van der Waals surface area contributed by atoms with Crippen molar-refractivity contribution in [2.45, 2.75) is 44.7 Å². The van der Waals surface area contributed by atoms with Crippen LogP contribution >= 0.6 is 0 Å². The summed E-state index contributed by atoms with van der Waals surface area (Å²) in [5, 5.41) is 5.69. The van der Waals surface area contributed by atoms with Crippen molar-refractivity contribution >= 4 is 12.0 Å². The summed E-state index contributed by atoms with van der Waals surface area (Å²) < 4.78 is 16.2. The number of hydrogen-bond acceptors (Lipinski definition) is 6. The second-order valence-corrected chi connectivity index (χ2v) is 8.27. The van der Waals surface area contributed by atoms with Gasteiger partial charge < -0.3 is 24.5 Å². The van der Waals surface area contributed by atoms with Crippen molar-refractivity contribution in [3.05, 3.63) is 65.3 Å². The average Bonchev–Trinajstić information content (AvgIpc) is 3.26. The van der Waals surface area contributed by atoms with Gasteiger partial charge in [-0.05, 0) is 56.1 Å². The monoisotopic (exact) mass is 453 g/mol. The van der Waals surface area contributed by atoms with Gasteiger partial charge in [-0.25, -0.2) is 9.59 Å². The molecule has 2 amide bonds. The second-order valence-electron chi connectivity index (χ2n) is 8.27. The van der Waals surface area contributed by atoms with Crippen molar-refractivity contribution in [3.8, 4) is 5.75 Å². The molecule has 2 aliphatic rings. The molecule has 3 heterocycles. The van der Waals surface area contributed by atoms with Gasteiger partial charge in [0.15, 0.2) is 0 Å². The van der Waals surface area contributed by atoms with Crippen LogP contribution in [0.5, 0.6) is 5.75 Å². The standard InChI is InChI=1S/C25H31N3O5/c1-3-32-24(29)22-19(26-25(30)27-23(22)21-9-7-15-33-21)16-28-14-6-4-5-8-20(28)17-10-12-18(31-2)13-11-17/h7,9-13,15,20,23H,3-6,8,14,16H2,1-2H3,(H2,26,27,30). The number of ether oxygens (including phenoxy) is 2. The molecule has 1 aromatic heterocycles. The van der Waals surface area contributed by atoms with Gasteiger partial charge in [0.25, 0.3) is 0 Å². The van der Waals surface area contributed by atoms with Gasteiger partial charge in [-0.1, -0.05) is 25.0 Å². The van der Waals surface area contributed by atoms with Crippen molar-refractivity contribution in [2.75, 3.05) is 26.8 Å². The minimum absolute atomic E-state index is 0.170. The fourth-order valence-corrected chi connectivity index (χ4v) is 4.63. The number of methoxy groups -OCH3 is 1. The van der Waals surface area contributed by atoms with Crippen molar-refractivity contribution in [3.63, 3.8) is 0 Å². The molecule has 8 nitrogen and oxygen atoms in total. The molecular weight excluding hydrogens is 422 g/mol. The van der Waals surface area contributed by atoms with Gasteiger partial charge in [0.2, 0.25) is 0 Å². The minimum Gasteiger partial charge on any atom is -0.497 e. The number of nitrogens with one attached hydrogen (secondary N) is 2. The summed E-state index contributed by atoms with van der Waals surface area (Å²) >= 11 is 0.